The Morgan fingerprint density at radius 2 is 1.63 bits per heavy atom. The van der Waals surface area contributed by atoms with Crippen LogP contribution in [0.4, 0.5) is 4.39 Å². The number of halogens is 4. The minimum absolute atomic E-state index is 0.0822. The molecule has 0 unspecified atom stereocenters. The number of nitrogens with one attached hydrogen (secondary N) is 1. The number of methoxy groups -OCH3 is 1. The van der Waals surface area contributed by atoms with E-state index in [-0.39, 0.29) is 12.4 Å². The Morgan fingerprint density at radius 1 is 0.867 bits per heavy atom. The van der Waals surface area contributed by atoms with E-state index in [2.05, 4.69) is 5.32 Å². The minimum atomic E-state index is -0.316. The predicted octanol–water partition coefficient (Wildman–Crippen LogP) is 6.71. The summed E-state index contributed by atoms with van der Waals surface area (Å²) in [5.74, 6) is 0.680. The maximum Gasteiger partial charge on any atom is 0.163 e. The summed E-state index contributed by atoms with van der Waals surface area (Å²) in [5.41, 5.74) is 2.35. The lowest BCUT2D eigenvalue weighted by Gasteiger charge is -2.15. The van der Waals surface area contributed by atoms with E-state index in [1.54, 1.807) is 37.4 Å². The lowest BCUT2D eigenvalue weighted by molar-refractivity contribution is 0.279. The first-order valence-corrected chi connectivity index (χ1v) is 10.5. The summed E-state index contributed by atoms with van der Waals surface area (Å²) in [6.07, 6.45) is 0.759. The summed E-state index contributed by atoms with van der Waals surface area (Å²) in [7, 11) is 1.55. The number of rotatable bonds is 9. The molecule has 3 nitrogen and oxygen atoms in total. The summed E-state index contributed by atoms with van der Waals surface area (Å²) in [6.45, 7) is 1.35. The highest BCUT2D eigenvalue weighted by molar-refractivity contribution is 6.35. The molecule has 0 radical (unpaired) electrons. The molecule has 7 heteroatoms. The van der Waals surface area contributed by atoms with Crippen molar-refractivity contribution in [2.45, 2.75) is 19.6 Å². The second-order valence-corrected chi connectivity index (χ2v) is 7.89. The van der Waals surface area contributed by atoms with Crippen LogP contribution >= 0.6 is 34.8 Å². The maximum atomic E-state index is 13.8. The van der Waals surface area contributed by atoms with Crippen LogP contribution in [0.5, 0.6) is 11.5 Å². The molecule has 3 rings (SSSR count). The van der Waals surface area contributed by atoms with Gasteiger partial charge in [0.25, 0.3) is 0 Å². The van der Waals surface area contributed by atoms with Crippen molar-refractivity contribution >= 4 is 34.8 Å². The third-order valence-corrected chi connectivity index (χ3v) is 5.51. The first-order valence-electron chi connectivity index (χ1n) is 9.35. The van der Waals surface area contributed by atoms with Crippen molar-refractivity contribution in [3.8, 4) is 11.5 Å². The average molecular weight is 469 g/mol. The van der Waals surface area contributed by atoms with E-state index in [0.717, 1.165) is 17.5 Å². The Hall–Kier alpha value is -1.98. The summed E-state index contributed by atoms with van der Waals surface area (Å²) >= 11 is 18.6. The van der Waals surface area contributed by atoms with Crippen molar-refractivity contribution in [1.82, 2.24) is 5.32 Å². The second kappa shape index (κ2) is 10.9. The van der Waals surface area contributed by atoms with Gasteiger partial charge in [0.2, 0.25) is 0 Å². The second-order valence-electron chi connectivity index (χ2n) is 6.64. The van der Waals surface area contributed by atoms with Crippen molar-refractivity contribution in [2.24, 2.45) is 0 Å². The van der Waals surface area contributed by atoms with E-state index in [4.69, 9.17) is 44.3 Å². The fourth-order valence-electron chi connectivity index (χ4n) is 2.93. The van der Waals surface area contributed by atoms with Gasteiger partial charge in [-0.2, -0.15) is 0 Å². The van der Waals surface area contributed by atoms with Gasteiger partial charge in [0.05, 0.1) is 7.11 Å². The van der Waals surface area contributed by atoms with E-state index in [1.807, 2.05) is 18.2 Å². The van der Waals surface area contributed by atoms with Gasteiger partial charge < -0.3 is 14.8 Å². The Labute approximate surface area is 190 Å². The standard InChI is InChI=1S/C23H21Cl3FNO2/c1-29-22-10-17(13-28-9-8-15-6-7-18(24)11-19(15)25)20(26)12-23(22)30-14-16-4-2-3-5-21(16)27/h2-7,10-12,28H,8-9,13-14H2,1H3. The molecule has 0 heterocycles. The highest BCUT2D eigenvalue weighted by Gasteiger charge is 2.12. The fourth-order valence-corrected chi connectivity index (χ4v) is 3.65. The molecule has 3 aromatic rings. The third kappa shape index (κ3) is 6.02. The molecule has 0 aliphatic carbocycles. The highest BCUT2D eigenvalue weighted by Crippen LogP contribution is 2.34. The molecule has 0 amide bonds. The number of ether oxygens (including phenoxy) is 2. The third-order valence-electron chi connectivity index (χ3n) is 4.58. The molecule has 0 bridgehead atoms. The summed E-state index contributed by atoms with van der Waals surface area (Å²) < 4.78 is 25.0. The van der Waals surface area contributed by atoms with Crippen LogP contribution < -0.4 is 14.8 Å². The number of hydrogen-bond donors (Lipinski definition) is 1. The molecular weight excluding hydrogens is 448 g/mol. The van der Waals surface area contributed by atoms with Crippen molar-refractivity contribution in [2.75, 3.05) is 13.7 Å². The van der Waals surface area contributed by atoms with Crippen LogP contribution in [-0.2, 0) is 19.6 Å². The number of hydrogen-bond acceptors (Lipinski definition) is 3. The zero-order valence-electron chi connectivity index (χ0n) is 16.4. The Bertz CT molecular complexity index is 1010. The molecule has 3 aromatic carbocycles. The fraction of sp³-hybridized carbons (Fsp3) is 0.217. The summed E-state index contributed by atoms with van der Waals surface area (Å²) in [4.78, 5) is 0. The van der Waals surface area contributed by atoms with Crippen LogP contribution in [0.15, 0.2) is 54.6 Å². The molecular formula is C23H21Cl3FNO2. The van der Waals surface area contributed by atoms with Crippen LogP contribution in [0.3, 0.4) is 0 Å². The van der Waals surface area contributed by atoms with Gasteiger partial charge in [-0.1, -0.05) is 59.1 Å². The SMILES string of the molecule is COc1cc(CNCCc2ccc(Cl)cc2Cl)c(Cl)cc1OCc1ccccc1F. The van der Waals surface area contributed by atoms with Gasteiger partial charge >= 0.3 is 0 Å². The molecule has 0 aliphatic rings. The Morgan fingerprint density at radius 3 is 2.37 bits per heavy atom. The molecule has 0 saturated carbocycles. The van der Waals surface area contributed by atoms with E-state index in [1.165, 1.54) is 6.07 Å². The molecule has 0 aromatic heterocycles. The van der Waals surface area contributed by atoms with Crippen LogP contribution in [-0.4, -0.2) is 13.7 Å². The smallest absolute Gasteiger partial charge is 0.163 e. The molecule has 0 atom stereocenters. The van der Waals surface area contributed by atoms with Crippen molar-refractivity contribution in [3.05, 3.63) is 92.2 Å². The van der Waals surface area contributed by atoms with E-state index < -0.39 is 0 Å². The summed E-state index contributed by atoms with van der Waals surface area (Å²) in [5, 5.41) is 5.16. The zero-order chi connectivity index (χ0) is 21.5. The normalized spacial score (nSPS) is 10.8. The van der Waals surface area contributed by atoms with Gasteiger partial charge in [0.1, 0.15) is 12.4 Å². The summed E-state index contributed by atoms with van der Waals surface area (Å²) in [6, 6.07) is 15.5. The quantitative estimate of drug-likeness (QED) is 0.354. The maximum absolute atomic E-state index is 13.8. The topological polar surface area (TPSA) is 30.5 Å². The monoisotopic (exact) mass is 467 g/mol. The van der Waals surface area contributed by atoms with Gasteiger partial charge in [-0.25, -0.2) is 4.39 Å². The van der Waals surface area contributed by atoms with Gasteiger partial charge in [0.15, 0.2) is 11.5 Å². The van der Waals surface area contributed by atoms with Crippen LogP contribution in [0, 0.1) is 5.82 Å². The number of benzene rings is 3. The lowest BCUT2D eigenvalue weighted by atomic mass is 10.1. The van der Waals surface area contributed by atoms with Crippen LogP contribution in [0.1, 0.15) is 16.7 Å². The minimum Gasteiger partial charge on any atom is -0.493 e. The van der Waals surface area contributed by atoms with E-state index >= 15 is 0 Å². The molecule has 30 heavy (non-hydrogen) atoms. The van der Waals surface area contributed by atoms with Gasteiger partial charge in [-0.3, -0.25) is 0 Å². The van der Waals surface area contributed by atoms with Gasteiger partial charge in [-0.05, 0) is 48.4 Å². The first kappa shape index (κ1) is 22.7. The largest absolute Gasteiger partial charge is 0.493 e. The molecule has 0 aliphatic heterocycles. The highest BCUT2D eigenvalue weighted by atomic mass is 35.5. The molecule has 0 spiro atoms. The van der Waals surface area contributed by atoms with Gasteiger partial charge in [0, 0.05) is 33.2 Å². The molecule has 1 N–H and O–H groups in total. The van der Waals surface area contributed by atoms with E-state index in [0.29, 0.717) is 45.2 Å². The van der Waals surface area contributed by atoms with E-state index in [9.17, 15) is 4.39 Å². The molecule has 0 saturated heterocycles. The molecule has 158 valence electrons. The van der Waals surface area contributed by atoms with Crippen molar-refractivity contribution in [1.29, 1.82) is 0 Å². The predicted molar refractivity (Wildman–Crippen MR) is 121 cm³/mol. The Balaban J connectivity index is 1.60. The average Bonchev–Trinajstić information content (AvgIpc) is 2.73. The van der Waals surface area contributed by atoms with Crippen molar-refractivity contribution in [3.63, 3.8) is 0 Å². The molecule has 0 fully saturated rings. The van der Waals surface area contributed by atoms with Crippen LogP contribution in [0.25, 0.3) is 0 Å². The lowest BCUT2D eigenvalue weighted by Crippen LogP contribution is -2.17. The zero-order valence-corrected chi connectivity index (χ0v) is 18.6. The first-order chi connectivity index (χ1) is 14.5. The van der Waals surface area contributed by atoms with Gasteiger partial charge in [-0.15, -0.1) is 0 Å². The Kier molecular flexibility index (Phi) is 8.23. The van der Waals surface area contributed by atoms with Crippen LogP contribution in [0.2, 0.25) is 15.1 Å². The van der Waals surface area contributed by atoms with Crippen molar-refractivity contribution < 1.29 is 13.9 Å².